The van der Waals surface area contributed by atoms with Crippen molar-refractivity contribution in [2.75, 3.05) is 5.32 Å². The molecule has 0 aromatic heterocycles. The zero-order valence-corrected chi connectivity index (χ0v) is 13.7. The Bertz CT molecular complexity index is 824. The molecular weight excluding hydrogens is 359 g/mol. The number of carbonyl (C=O) groups excluding carboxylic acids is 1. The van der Waals surface area contributed by atoms with Crippen LogP contribution < -0.4 is 5.32 Å². The number of amides is 1. The molecule has 2 aromatic carbocycles. The summed E-state index contributed by atoms with van der Waals surface area (Å²) in [6, 6.07) is 10.9. The molecule has 0 saturated heterocycles. The van der Waals surface area contributed by atoms with E-state index in [2.05, 4.69) is 5.32 Å². The normalized spacial score (nSPS) is 11.0. The molecule has 0 bridgehead atoms. The Kier molecular flexibility index (Phi) is 5.51. The van der Waals surface area contributed by atoms with Crippen molar-refractivity contribution < 1.29 is 9.90 Å². The van der Waals surface area contributed by atoms with Crippen LogP contribution >= 0.6 is 34.8 Å². The summed E-state index contributed by atoms with van der Waals surface area (Å²) in [6.07, 6.45) is 1.21. The van der Waals surface area contributed by atoms with Gasteiger partial charge in [-0.25, -0.2) is 0 Å². The Morgan fingerprint density at radius 2 is 1.78 bits per heavy atom. The SMILES string of the molecule is N#C/C(=C/c1cc(Cl)cc(Cl)c1O)C(=O)Nc1ccc(Cl)cc1. The van der Waals surface area contributed by atoms with Crippen LogP contribution in [0.2, 0.25) is 15.1 Å². The maximum atomic E-state index is 12.1. The van der Waals surface area contributed by atoms with E-state index in [0.717, 1.165) is 0 Å². The van der Waals surface area contributed by atoms with Crippen LogP contribution in [-0.4, -0.2) is 11.0 Å². The van der Waals surface area contributed by atoms with E-state index in [9.17, 15) is 9.90 Å². The number of rotatable bonds is 3. The Labute approximate surface area is 147 Å². The quantitative estimate of drug-likeness (QED) is 0.598. The molecular formula is C16H9Cl3N2O2. The fraction of sp³-hybridized carbons (Fsp3) is 0. The summed E-state index contributed by atoms with van der Waals surface area (Å²) in [5.41, 5.74) is 0.438. The molecule has 0 unspecified atom stereocenters. The minimum atomic E-state index is -0.634. The standard InChI is InChI=1S/C16H9Cl3N2O2/c17-11-1-3-13(4-2-11)21-16(23)10(8-20)5-9-6-12(18)7-14(19)15(9)22/h1-7,22H,(H,21,23)/b10-5-. The highest BCUT2D eigenvalue weighted by Gasteiger charge is 2.13. The van der Waals surface area contributed by atoms with Crippen LogP contribution in [0.15, 0.2) is 42.0 Å². The fourth-order valence-electron chi connectivity index (χ4n) is 1.73. The van der Waals surface area contributed by atoms with Crippen molar-refractivity contribution in [3.63, 3.8) is 0 Å². The largest absolute Gasteiger partial charge is 0.506 e. The first-order valence-corrected chi connectivity index (χ1v) is 7.41. The summed E-state index contributed by atoms with van der Waals surface area (Å²) in [4.78, 5) is 12.1. The van der Waals surface area contributed by atoms with E-state index in [-0.39, 0.29) is 26.9 Å². The molecule has 0 aliphatic heterocycles. The highest BCUT2D eigenvalue weighted by atomic mass is 35.5. The first-order valence-electron chi connectivity index (χ1n) is 6.27. The maximum absolute atomic E-state index is 12.1. The topological polar surface area (TPSA) is 73.1 Å². The second-order valence-corrected chi connectivity index (χ2v) is 5.74. The predicted molar refractivity (Wildman–Crippen MR) is 91.8 cm³/mol. The monoisotopic (exact) mass is 366 g/mol. The number of phenolic OH excluding ortho intramolecular Hbond substituents is 1. The molecule has 0 aliphatic rings. The lowest BCUT2D eigenvalue weighted by Crippen LogP contribution is -2.13. The average molecular weight is 368 g/mol. The molecule has 23 heavy (non-hydrogen) atoms. The van der Waals surface area contributed by atoms with Crippen molar-refractivity contribution in [3.05, 3.63) is 62.6 Å². The molecule has 7 heteroatoms. The summed E-state index contributed by atoms with van der Waals surface area (Å²) < 4.78 is 0. The van der Waals surface area contributed by atoms with Gasteiger partial charge in [0.05, 0.1) is 5.02 Å². The van der Waals surface area contributed by atoms with Crippen LogP contribution in [0, 0.1) is 11.3 Å². The molecule has 2 rings (SSSR count). The Hall–Kier alpha value is -2.19. The summed E-state index contributed by atoms with van der Waals surface area (Å²) >= 11 is 17.4. The minimum absolute atomic E-state index is 0.0270. The summed E-state index contributed by atoms with van der Waals surface area (Å²) in [7, 11) is 0. The summed E-state index contributed by atoms with van der Waals surface area (Å²) in [5.74, 6) is -0.895. The number of phenols is 1. The van der Waals surface area contributed by atoms with Crippen LogP contribution in [-0.2, 0) is 4.79 Å². The third-order valence-corrected chi connectivity index (χ3v) is 3.58. The Balaban J connectivity index is 2.30. The number of hydrogen-bond acceptors (Lipinski definition) is 3. The molecule has 2 N–H and O–H groups in total. The predicted octanol–water partition coefficient (Wildman–Crippen LogP) is 4.90. The van der Waals surface area contributed by atoms with Gasteiger partial charge in [-0.05, 0) is 42.5 Å². The van der Waals surface area contributed by atoms with Crippen molar-refractivity contribution in [2.45, 2.75) is 0 Å². The second-order valence-electron chi connectivity index (χ2n) is 4.46. The van der Waals surface area contributed by atoms with E-state index in [1.165, 1.54) is 18.2 Å². The van der Waals surface area contributed by atoms with Crippen molar-refractivity contribution in [2.24, 2.45) is 0 Å². The highest BCUT2D eigenvalue weighted by molar-refractivity contribution is 6.36. The van der Waals surface area contributed by atoms with E-state index in [4.69, 9.17) is 40.1 Å². The van der Waals surface area contributed by atoms with Gasteiger partial charge in [-0.15, -0.1) is 0 Å². The number of anilines is 1. The number of nitrogens with zero attached hydrogens (tertiary/aromatic N) is 1. The smallest absolute Gasteiger partial charge is 0.266 e. The zero-order chi connectivity index (χ0) is 17.0. The van der Waals surface area contributed by atoms with Crippen molar-refractivity contribution in [3.8, 4) is 11.8 Å². The molecule has 0 saturated carbocycles. The molecule has 4 nitrogen and oxygen atoms in total. The number of benzene rings is 2. The molecule has 0 atom stereocenters. The lowest BCUT2D eigenvalue weighted by Gasteiger charge is -2.06. The lowest BCUT2D eigenvalue weighted by atomic mass is 10.1. The van der Waals surface area contributed by atoms with Crippen molar-refractivity contribution in [1.29, 1.82) is 5.26 Å². The van der Waals surface area contributed by atoms with Gasteiger partial charge in [-0.3, -0.25) is 4.79 Å². The number of carbonyl (C=O) groups is 1. The van der Waals surface area contributed by atoms with Gasteiger partial charge in [-0.1, -0.05) is 34.8 Å². The summed E-state index contributed by atoms with van der Waals surface area (Å²) in [6.45, 7) is 0. The van der Waals surface area contributed by atoms with E-state index in [0.29, 0.717) is 10.7 Å². The van der Waals surface area contributed by atoms with Gasteiger partial charge in [-0.2, -0.15) is 5.26 Å². The number of aromatic hydroxyl groups is 1. The number of nitrogens with one attached hydrogen (secondary N) is 1. The Morgan fingerprint density at radius 3 is 2.39 bits per heavy atom. The van der Waals surface area contributed by atoms with Crippen LogP contribution in [0.25, 0.3) is 6.08 Å². The van der Waals surface area contributed by atoms with Crippen LogP contribution in [0.3, 0.4) is 0 Å². The third-order valence-electron chi connectivity index (χ3n) is 2.82. The van der Waals surface area contributed by atoms with Gasteiger partial charge in [0.2, 0.25) is 0 Å². The molecule has 0 fully saturated rings. The highest BCUT2D eigenvalue weighted by Crippen LogP contribution is 2.32. The third kappa shape index (κ3) is 4.40. The molecule has 1 amide bonds. The fourth-order valence-corrected chi connectivity index (χ4v) is 2.37. The van der Waals surface area contributed by atoms with Crippen LogP contribution in [0.4, 0.5) is 5.69 Å². The van der Waals surface area contributed by atoms with Crippen LogP contribution in [0.5, 0.6) is 5.75 Å². The molecule has 116 valence electrons. The lowest BCUT2D eigenvalue weighted by molar-refractivity contribution is -0.112. The van der Waals surface area contributed by atoms with Gasteiger partial charge in [0, 0.05) is 21.3 Å². The zero-order valence-electron chi connectivity index (χ0n) is 11.5. The van der Waals surface area contributed by atoms with E-state index in [1.807, 2.05) is 0 Å². The van der Waals surface area contributed by atoms with E-state index >= 15 is 0 Å². The van der Waals surface area contributed by atoms with Crippen LogP contribution in [0.1, 0.15) is 5.56 Å². The van der Waals surface area contributed by atoms with Crippen molar-refractivity contribution in [1.82, 2.24) is 0 Å². The molecule has 0 heterocycles. The van der Waals surface area contributed by atoms with E-state index in [1.54, 1.807) is 30.3 Å². The number of halogens is 3. The van der Waals surface area contributed by atoms with Gasteiger partial charge in [0.1, 0.15) is 17.4 Å². The maximum Gasteiger partial charge on any atom is 0.266 e. The van der Waals surface area contributed by atoms with Gasteiger partial charge in [0.25, 0.3) is 5.91 Å². The second kappa shape index (κ2) is 7.38. The van der Waals surface area contributed by atoms with Gasteiger partial charge >= 0.3 is 0 Å². The molecule has 0 spiro atoms. The average Bonchev–Trinajstić information content (AvgIpc) is 2.51. The van der Waals surface area contributed by atoms with E-state index < -0.39 is 5.91 Å². The minimum Gasteiger partial charge on any atom is -0.506 e. The Morgan fingerprint density at radius 1 is 1.13 bits per heavy atom. The first-order chi connectivity index (χ1) is 10.9. The molecule has 2 aromatic rings. The molecule has 0 aliphatic carbocycles. The molecule has 0 radical (unpaired) electrons. The van der Waals surface area contributed by atoms with Gasteiger partial charge < -0.3 is 10.4 Å². The first kappa shape index (κ1) is 17.2. The van der Waals surface area contributed by atoms with Crippen molar-refractivity contribution >= 4 is 52.5 Å². The van der Waals surface area contributed by atoms with Gasteiger partial charge in [0.15, 0.2) is 0 Å². The summed E-state index contributed by atoms with van der Waals surface area (Å²) in [5, 5.41) is 22.4. The number of nitriles is 1. The number of hydrogen-bond donors (Lipinski definition) is 2.